The van der Waals surface area contributed by atoms with Gasteiger partial charge in [0.2, 0.25) is 10.0 Å². The quantitative estimate of drug-likeness (QED) is 0.855. The van der Waals surface area contributed by atoms with Crippen LogP contribution in [0.2, 0.25) is 0 Å². The Bertz CT molecular complexity index is 427. The molecular formula is C10H14BrNO2S. The van der Waals surface area contributed by atoms with Gasteiger partial charge >= 0.3 is 0 Å². The second-order valence-electron chi connectivity index (χ2n) is 3.05. The molecule has 3 nitrogen and oxygen atoms in total. The molecule has 0 N–H and O–H groups in total. The smallest absolute Gasteiger partial charge is 0.207 e. The highest BCUT2D eigenvalue weighted by molar-refractivity contribution is 9.10. The van der Waals surface area contributed by atoms with Gasteiger partial charge in [0.05, 0.1) is 4.90 Å². The van der Waals surface area contributed by atoms with E-state index in [1.54, 1.807) is 24.3 Å². The van der Waals surface area contributed by atoms with Gasteiger partial charge in [0.1, 0.15) is 0 Å². The van der Waals surface area contributed by atoms with Crippen LogP contribution in [0.15, 0.2) is 33.6 Å². The first kappa shape index (κ1) is 12.7. The first-order chi connectivity index (χ1) is 7.02. The fourth-order valence-corrected chi connectivity index (χ4v) is 3.40. The van der Waals surface area contributed by atoms with Crippen LogP contribution in [0.25, 0.3) is 0 Å². The molecule has 0 aliphatic heterocycles. The molecular weight excluding hydrogens is 278 g/mol. The maximum Gasteiger partial charge on any atom is 0.243 e. The van der Waals surface area contributed by atoms with Crippen molar-refractivity contribution in [1.82, 2.24) is 4.31 Å². The van der Waals surface area contributed by atoms with Crippen LogP contribution in [0, 0.1) is 0 Å². The lowest BCUT2D eigenvalue weighted by Gasteiger charge is -2.18. The summed E-state index contributed by atoms with van der Waals surface area (Å²) in [4.78, 5) is 0.334. The van der Waals surface area contributed by atoms with Crippen LogP contribution in [0.4, 0.5) is 0 Å². The zero-order valence-electron chi connectivity index (χ0n) is 8.77. The average molecular weight is 292 g/mol. The molecule has 15 heavy (non-hydrogen) atoms. The summed E-state index contributed by atoms with van der Waals surface area (Å²) >= 11 is 3.26. The van der Waals surface area contributed by atoms with Gasteiger partial charge in [0.25, 0.3) is 0 Å². The lowest BCUT2D eigenvalue weighted by atomic mass is 10.4. The Morgan fingerprint density at radius 1 is 1.27 bits per heavy atom. The molecule has 0 aromatic heterocycles. The summed E-state index contributed by atoms with van der Waals surface area (Å²) in [5.74, 6) is 0. The molecule has 0 radical (unpaired) electrons. The largest absolute Gasteiger partial charge is 0.243 e. The first-order valence-electron chi connectivity index (χ1n) is 4.78. The standard InChI is InChI=1S/C10H14BrNO2S/c1-3-12(4-2)15(13,14)10-7-5-6-9(11)8-10/h5-8H,3-4H2,1-2H3. The van der Waals surface area contributed by atoms with E-state index in [-0.39, 0.29) is 0 Å². The van der Waals surface area contributed by atoms with Crippen molar-refractivity contribution in [3.8, 4) is 0 Å². The van der Waals surface area contributed by atoms with Crippen molar-refractivity contribution < 1.29 is 8.42 Å². The minimum Gasteiger partial charge on any atom is -0.207 e. The van der Waals surface area contributed by atoms with E-state index >= 15 is 0 Å². The molecule has 0 bridgehead atoms. The molecule has 1 aromatic rings. The Balaban J connectivity index is 3.16. The predicted molar refractivity (Wildman–Crippen MR) is 64.2 cm³/mol. The van der Waals surface area contributed by atoms with Crippen molar-refractivity contribution in [3.63, 3.8) is 0 Å². The van der Waals surface area contributed by atoms with E-state index in [1.165, 1.54) is 4.31 Å². The predicted octanol–water partition coefficient (Wildman–Crippen LogP) is 2.48. The molecule has 0 heterocycles. The third-order valence-corrected chi connectivity index (χ3v) is 4.68. The van der Waals surface area contributed by atoms with Gasteiger partial charge in [0.15, 0.2) is 0 Å². The number of benzene rings is 1. The molecule has 1 aromatic carbocycles. The fourth-order valence-electron chi connectivity index (χ4n) is 1.34. The summed E-state index contributed by atoms with van der Waals surface area (Å²) in [5, 5.41) is 0. The van der Waals surface area contributed by atoms with Gasteiger partial charge in [-0.1, -0.05) is 35.8 Å². The molecule has 0 atom stereocenters. The van der Waals surface area contributed by atoms with Crippen molar-refractivity contribution in [2.24, 2.45) is 0 Å². The van der Waals surface area contributed by atoms with Gasteiger partial charge in [-0.05, 0) is 18.2 Å². The van der Waals surface area contributed by atoms with Crippen LogP contribution < -0.4 is 0 Å². The highest BCUT2D eigenvalue weighted by Gasteiger charge is 2.21. The van der Waals surface area contributed by atoms with E-state index in [0.29, 0.717) is 18.0 Å². The van der Waals surface area contributed by atoms with E-state index in [9.17, 15) is 8.42 Å². The van der Waals surface area contributed by atoms with Crippen LogP contribution in [-0.4, -0.2) is 25.8 Å². The minimum absolute atomic E-state index is 0.334. The number of nitrogens with zero attached hydrogens (tertiary/aromatic N) is 1. The van der Waals surface area contributed by atoms with Crippen molar-refractivity contribution in [2.45, 2.75) is 18.7 Å². The molecule has 5 heteroatoms. The Hall–Kier alpha value is -0.390. The monoisotopic (exact) mass is 291 g/mol. The van der Waals surface area contributed by atoms with Crippen LogP contribution in [0.5, 0.6) is 0 Å². The van der Waals surface area contributed by atoms with Gasteiger partial charge in [-0.15, -0.1) is 0 Å². The number of hydrogen-bond acceptors (Lipinski definition) is 2. The van der Waals surface area contributed by atoms with E-state index in [2.05, 4.69) is 15.9 Å². The first-order valence-corrected chi connectivity index (χ1v) is 7.01. The molecule has 1 rings (SSSR count). The zero-order chi connectivity index (χ0) is 11.5. The fraction of sp³-hybridized carbons (Fsp3) is 0.400. The van der Waals surface area contributed by atoms with Crippen LogP contribution in [0.3, 0.4) is 0 Å². The third kappa shape index (κ3) is 2.80. The van der Waals surface area contributed by atoms with Crippen molar-refractivity contribution >= 4 is 26.0 Å². The van der Waals surface area contributed by atoms with Gasteiger partial charge < -0.3 is 0 Å². The SMILES string of the molecule is CCN(CC)S(=O)(=O)c1cccc(Br)c1. The molecule has 0 amide bonds. The van der Waals surface area contributed by atoms with Crippen molar-refractivity contribution in [1.29, 1.82) is 0 Å². The topological polar surface area (TPSA) is 37.4 Å². The van der Waals surface area contributed by atoms with Gasteiger partial charge in [-0.3, -0.25) is 0 Å². The molecule has 0 saturated heterocycles. The number of halogens is 1. The maximum atomic E-state index is 12.1. The highest BCUT2D eigenvalue weighted by atomic mass is 79.9. The molecule has 84 valence electrons. The number of sulfonamides is 1. The van der Waals surface area contributed by atoms with Crippen molar-refractivity contribution in [2.75, 3.05) is 13.1 Å². The van der Waals surface area contributed by atoms with Crippen LogP contribution in [0.1, 0.15) is 13.8 Å². The lowest BCUT2D eigenvalue weighted by Crippen LogP contribution is -2.30. The summed E-state index contributed by atoms with van der Waals surface area (Å²) in [6.45, 7) is 4.65. The third-order valence-electron chi connectivity index (χ3n) is 2.14. The average Bonchev–Trinajstić information content (AvgIpc) is 2.19. The highest BCUT2D eigenvalue weighted by Crippen LogP contribution is 2.19. The molecule has 0 saturated carbocycles. The summed E-state index contributed by atoms with van der Waals surface area (Å²) in [5.41, 5.74) is 0. The molecule has 0 unspecified atom stereocenters. The minimum atomic E-state index is -3.32. The number of rotatable bonds is 4. The summed E-state index contributed by atoms with van der Waals surface area (Å²) < 4.78 is 26.3. The zero-order valence-corrected chi connectivity index (χ0v) is 11.2. The second kappa shape index (κ2) is 5.09. The van der Waals surface area contributed by atoms with Crippen LogP contribution >= 0.6 is 15.9 Å². The Labute approximate surface area is 99.3 Å². The van der Waals surface area contributed by atoms with Gasteiger partial charge in [0, 0.05) is 17.6 Å². The van der Waals surface area contributed by atoms with E-state index in [1.807, 2.05) is 13.8 Å². The van der Waals surface area contributed by atoms with Crippen molar-refractivity contribution in [3.05, 3.63) is 28.7 Å². The van der Waals surface area contributed by atoms with Gasteiger partial charge in [-0.2, -0.15) is 4.31 Å². The van der Waals surface area contributed by atoms with Gasteiger partial charge in [-0.25, -0.2) is 8.42 Å². The van der Waals surface area contributed by atoms with Crippen LogP contribution in [-0.2, 0) is 10.0 Å². The second-order valence-corrected chi connectivity index (χ2v) is 5.90. The number of hydrogen-bond donors (Lipinski definition) is 0. The Kier molecular flexibility index (Phi) is 4.31. The summed E-state index contributed by atoms with van der Waals surface area (Å²) in [6, 6.07) is 6.76. The molecule has 0 fully saturated rings. The maximum absolute atomic E-state index is 12.1. The Morgan fingerprint density at radius 3 is 2.33 bits per heavy atom. The molecule has 0 spiro atoms. The normalized spacial score (nSPS) is 12.0. The molecule has 0 aliphatic carbocycles. The summed E-state index contributed by atoms with van der Waals surface area (Å²) in [6.07, 6.45) is 0. The molecule has 0 aliphatic rings. The van der Waals surface area contributed by atoms with E-state index < -0.39 is 10.0 Å². The Morgan fingerprint density at radius 2 is 1.87 bits per heavy atom. The lowest BCUT2D eigenvalue weighted by molar-refractivity contribution is 0.445. The van der Waals surface area contributed by atoms with E-state index in [4.69, 9.17) is 0 Å². The summed E-state index contributed by atoms with van der Waals surface area (Å²) in [7, 11) is -3.32. The van der Waals surface area contributed by atoms with E-state index in [0.717, 1.165) is 4.47 Å².